The molecule has 19 heteroatoms. The first kappa shape index (κ1) is 35.3. The van der Waals surface area contributed by atoms with Crippen LogP contribution in [-0.2, 0) is 57.2 Å². The number of rotatable bonds is 14. The first-order chi connectivity index (χ1) is 21.7. The number of hydrazone groups is 1. The molecule has 0 saturated carbocycles. The summed E-state index contributed by atoms with van der Waals surface area (Å²) in [5.74, 6) is -5.17. The summed E-state index contributed by atoms with van der Waals surface area (Å²) in [4.78, 5) is 77.2. The molecule has 5 atom stereocenters. The summed E-state index contributed by atoms with van der Waals surface area (Å²) in [7, 11) is 0. The quantitative estimate of drug-likeness (QED) is 0.218. The van der Waals surface area contributed by atoms with Crippen LogP contribution in [0.5, 0.6) is 0 Å². The van der Waals surface area contributed by atoms with Crippen LogP contribution in [0.25, 0.3) is 10.6 Å². The summed E-state index contributed by atoms with van der Waals surface area (Å²) in [5, 5.41) is 17.1. The Morgan fingerprint density at radius 1 is 0.891 bits per heavy atom. The molecule has 2 aromatic heterocycles. The zero-order chi connectivity index (χ0) is 34.0. The zero-order valence-corrected chi connectivity index (χ0v) is 26.5. The Bertz CT molecular complexity index is 1470. The van der Waals surface area contributed by atoms with Crippen molar-refractivity contribution in [3.8, 4) is 10.6 Å². The molecule has 0 aromatic carbocycles. The topological polar surface area (TPSA) is 224 Å². The summed E-state index contributed by atoms with van der Waals surface area (Å²) in [6.07, 6.45) is -5.15. The molecule has 1 unspecified atom stereocenters. The lowest BCUT2D eigenvalue weighted by molar-refractivity contribution is -0.216. The smallest absolute Gasteiger partial charge is 0.303 e. The van der Waals surface area contributed by atoms with E-state index in [1.807, 2.05) is 6.07 Å². The first-order valence-electron chi connectivity index (χ1n) is 13.6. The van der Waals surface area contributed by atoms with Crippen LogP contribution in [0.3, 0.4) is 0 Å². The van der Waals surface area contributed by atoms with E-state index in [0.29, 0.717) is 10.1 Å². The third-order valence-corrected chi connectivity index (χ3v) is 6.66. The lowest BCUT2D eigenvalue weighted by Gasteiger charge is -2.37. The molecule has 0 fully saturated rings. The van der Waals surface area contributed by atoms with Crippen LogP contribution < -0.4 is 5.32 Å². The normalized spacial score (nSPS) is 16.4. The number of nitrogens with one attached hydrogen (secondary N) is 1. The molecule has 1 aliphatic heterocycles. The number of aromatic nitrogens is 3. The summed E-state index contributed by atoms with van der Waals surface area (Å²) in [6.45, 7) is 5.58. The molecule has 1 amide bonds. The number of carbonyl (C=O) groups excluding carboxylic acids is 6. The van der Waals surface area contributed by atoms with Crippen LogP contribution in [0.2, 0.25) is 0 Å². The average Bonchev–Trinajstić information content (AvgIpc) is 3.62. The van der Waals surface area contributed by atoms with Gasteiger partial charge in [0, 0.05) is 59.5 Å². The van der Waals surface area contributed by atoms with Crippen molar-refractivity contribution < 1.29 is 57.2 Å². The fourth-order valence-electron chi connectivity index (χ4n) is 4.12. The SMILES string of the molecule is CC(=O)OC[C@@H](OC(C)=O)[C@H](OC(C)=O)[C@H](OC(C)=O)[C@@H](OC(C)=O)C1OC(CNc2nnc(-c3cccnc3)s2)=NN1C(C)=O. The highest BCUT2D eigenvalue weighted by atomic mass is 32.1. The second kappa shape index (κ2) is 16.2. The van der Waals surface area contributed by atoms with Gasteiger partial charge in [0.15, 0.2) is 29.4 Å². The molecule has 0 aliphatic carbocycles. The number of amides is 1. The van der Waals surface area contributed by atoms with Gasteiger partial charge in [0.05, 0.1) is 6.54 Å². The van der Waals surface area contributed by atoms with Gasteiger partial charge in [-0.2, -0.15) is 5.01 Å². The summed E-state index contributed by atoms with van der Waals surface area (Å²) in [6, 6.07) is 3.56. The molecule has 1 aliphatic rings. The van der Waals surface area contributed by atoms with Gasteiger partial charge < -0.3 is 33.7 Å². The zero-order valence-electron chi connectivity index (χ0n) is 25.7. The number of hydrogen-bond acceptors (Lipinski definition) is 18. The number of nitrogens with zero attached hydrogens (tertiary/aromatic N) is 5. The molecule has 0 bridgehead atoms. The highest BCUT2D eigenvalue weighted by Gasteiger charge is 2.51. The number of ether oxygens (including phenoxy) is 6. The van der Waals surface area contributed by atoms with E-state index in [-0.39, 0.29) is 12.4 Å². The van der Waals surface area contributed by atoms with Crippen molar-refractivity contribution in [2.75, 3.05) is 18.5 Å². The van der Waals surface area contributed by atoms with Crippen LogP contribution >= 0.6 is 11.3 Å². The van der Waals surface area contributed by atoms with E-state index in [9.17, 15) is 28.8 Å². The molecule has 18 nitrogen and oxygen atoms in total. The molecule has 1 N–H and O–H groups in total. The molecule has 2 aromatic rings. The minimum atomic E-state index is -1.79. The van der Waals surface area contributed by atoms with E-state index in [4.69, 9.17) is 28.4 Å². The molecule has 3 heterocycles. The summed E-state index contributed by atoms with van der Waals surface area (Å²) >= 11 is 1.21. The van der Waals surface area contributed by atoms with Crippen LogP contribution in [0.1, 0.15) is 41.5 Å². The molecule has 0 radical (unpaired) electrons. The van der Waals surface area contributed by atoms with Crippen LogP contribution in [-0.4, -0.2) is 106 Å². The van der Waals surface area contributed by atoms with Gasteiger partial charge in [0.1, 0.15) is 6.61 Å². The van der Waals surface area contributed by atoms with E-state index >= 15 is 0 Å². The second-order valence-corrected chi connectivity index (χ2v) is 10.5. The fraction of sp³-hybridized carbons (Fsp3) is 0.481. The Labute approximate surface area is 266 Å². The van der Waals surface area contributed by atoms with Gasteiger partial charge in [-0.1, -0.05) is 11.3 Å². The molecule has 0 saturated heterocycles. The Balaban J connectivity index is 1.95. The highest BCUT2D eigenvalue weighted by Crippen LogP contribution is 2.29. The Hall–Kier alpha value is -5.20. The number of anilines is 1. The van der Waals surface area contributed by atoms with Gasteiger partial charge in [-0.25, -0.2) is 0 Å². The van der Waals surface area contributed by atoms with Crippen molar-refractivity contribution in [2.24, 2.45) is 5.10 Å². The van der Waals surface area contributed by atoms with Crippen molar-refractivity contribution in [2.45, 2.75) is 72.2 Å². The van der Waals surface area contributed by atoms with E-state index in [1.54, 1.807) is 18.5 Å². The Kier molecular flexibility index (Phi) is 12.4. The van der Waals surface area contributed by atoms with E-state index in [2.05, 4.69) is 25.6 Å². The maximum absolute atomic E-state index is 12.7. The van der Waals surface area contributed by atoms with Gasteiger partial charge in [0.25, 0.3) is 0 Å². The lowest BCUT2D eigenvalue weighted by atomic mass is 10.00. The largest absolute Gasteiger partial charge is 0.462 e. The third kappa shape index (κ3) is 10.2. The van der Waals surface area contributed by atoms with Gasteiger partial charge in [-0.3, -0.25) is 33.8 Å². The third-order valence-electron chi connectivity index (χ3n) is 5.73. The summed E-state index contributed by atoms with van der Waals surface area (Å²) in [5.41, 5.74) is 0.745. The van der Waals surface area contributed by atoms with Crippen molar-refractivity contribution in [3.05, 3.63) is 24.5 Å². The predicted molar refractivity (Wildman–Crippen MR) is 155 cm³/mol. The minimum Gasteiger partial charge on any atom is -0.462 e. The van der Waals surface area contributed by atoms with Gasteiger partial charge in [0.2, 0.25) is 23.2 Å². The monoisotopic (exact) mass is 664 g/mol. The maximum Gasteiger partial charge on any atom is 0.303 e. The lowest BCUT2D eigenvalue weighted by Crippen LogP contribution is -2.59. The van der Waals surface area contributed by atoms with Crippen LogP contribution in [0.4, 0.5) is 5.13 Å². The van der Waals surface area contributed by atoms with Crippen molar-refractivity contribution in [1.29, 1.82) is 0 Å². The van der Waals surface area contributed by atoms with Crippen LogP contribution in [0.15, 0.2) is 29.6 Å². The average molecular weight is 665 g/mol. The van der Waals surface area contributed by atoms with Gasteiger partial charge in [-0.15, -0.1) is 15.3 Å². The first-order valence-corrected chi connectivity index (χ1v) is 14.4. The number of esters is 5. The van der Waals surface area contributed by atoms with Crippen LogP contribution in [0, 0.1) is 0 Å². The van der Waals surface area contributed by atoms with E-state index < -0.39 is 73.0 Å². The maximum atomic E-state index is 12.7. The van der Waals surface area contributed by atoms with Gasteiger partial charge >= 0.3 is 29.8 Å². The number of hydrogen-bond donors (Lipinski definition) is 1. The molecule has 3 rings (SSSR count). The van der Waals surface area contributed by atoms with Crippen molar-refractivity contribution in [1.82, 2.24) is 20.2 Å². The number of carbonyl (C=O) groups is 6. The molecule has 248 valence electrons. The molecular weight excluding hydrogens is 632 g/mol. The number of pyridine rings is 1. The van der Waals surface area contributed by atoms with E-state index in [0.717, 1.165) is 52.1 Å². The molecule has 46 heavy (non-hydrogen) atoms. The standard InChI is InChI=1S/C27H32N6O12S/c1-13(34)33-26(45-21(32-33)11-29-27-31-30-25(46-27)19-8-7-9-28-10-19)24(44-18(6)39)23(43-17(5)38)22(42-16(4)37)20(41-15(3)36)12-40-14(2)35/h7-10,20,22-24,26H,11-12H2,1-6H3,(H,29,31)/t20-,22+,23+,24-,26?/m1/s1. The second-order valence-electron chi connectivity index (χ2n) is 9.55. The van der Waals surface area contributed by atoms with Gasteiger partial charge in [-0.05, 0) is 12.1 Å². The fourth-order valence-corrected chi connectivity index (χ4v) is 4.85. The minimum absolute atomic E-state index is 0.0717. The predicted octanol–water partition coefficient (Wildman–Crippen LogP) is 0.820. The van der Waals surface area contributed by atoms with E-state index in [1.165, 1.54) is 11.3 Å². The van der Waals surface area contributed by atoms with Crippen molar-refractivity contribution in [3.63, 3.8) is 0 Å². The highest BCUT2D eigenvalue weighted by molar-refractivity contribution is 7.18. The Morgan fingerprint density at radius 2 is 1.54 bits per heavy atom. The summed E-state index contributed by atoms with van der Waals surface area (Å²) < 4.78 is 32.5. The molecular formula is C27H32N6O12S. The van der Waals surface area contributed by atoms with Crippen molar-refractivity contribution >= 4 is 58.1 Å². The molecule has 0 spiro atoms. The Morgan fingerprint density at radius 3 is 2.11 bits per heavy atom.